The molecule has 2 aromatic carbocycles. The van der Waals surface area contributed by atoms with Gasteiger partial charge in [-0.05, 0) is 67.3 Å². The van der Waals surface area contributed by atoms with E-state index < -0.39 is 0 Å². The number of nitrogens with one attached hydrogen (secondary N) is 2. The number of rotatable bonds is 6. The molecule has 0 saturated carbocycles. The SMILES string of the molecule is COc1ccc(-c2[nH]c3ccc(-c4nnc([C@@H]5CCCNC5)o4)cc3c2C(C)C)cc1OC. The van der Waals surface area contributed by atoms with E-state index in [1.54, 1.807) is 14.2 Å². The van der Waals surface area contributed by atoms with E-state index in [0.717, 1.165) is 59.5 Å². The fourth-order valence-corrected chi connectivity index (χ4v) is 4.74. The first-order valence-electron chi connectivity index (χ1n) is 11.5. The van der Waals surface area contributed by atoms with Gasteiger partial charge >= 0.3 is 0 Å². The summed E-state index contributed by atoms with van der Waals surface area (Å²) in [5.74, 6) is 3.32. The van der Waals surface area contributed by atoms with E-state index in [-0.39, 0.29) is 0 Å². The zero-order valence-corrected chi connectivity index (χ0v) is 19.6. The van der Waals surface area contributed by atoms with Crippen LogP contribution in [0.1, 0.15) is 50.0 Å². The molecule has 7 nitrogen and oxygen atoms in total. The lowest BCUT2D eigenvalue weighted by Crippen LogP contribution is -2.28. The molecular weight excluding hydrogens is 416 g/mol. The van der Waals surface area contributed by atoms with Gasteiger partial charge in [0.15, 0.2) is 11.5 Å². The first kappa shape index (κ1) is 21.5. The maximum atomic E-state index is 6.10. The van der Waals surface area contributed by atoms with Gasteiger partial charge in [0.2, 0.25) is 11.8 Å². The highest BCUT2D eigenvalue weighted by Crippen LogP contribution is 2.40. The van der Waals surface area contributed by atoms with Gasteiger partial charge in [-0.25, -0.2) is 0 Å². The van der Waals surface area contributed by atoms with Crippen molar-refractivity contribution in [1.82, 2.24) is 20.5 Å². The molecular formula is C26H30N4O3. The van der Waals surface area contributed by atoms with Crippen molar-refractivity contribution in [3.8, 4) is 34.2 Å². The number of aromatic nitrogens is 3. The van der Waals surface area contributed by atoms with Gasteiger partial charge in [-0.1, -0.05) is 13.8 Å². The molecule has 0 bridgehead atoms. The molecule has 3 heterocycles. The van der Waals surface area contributed by atoms with Gasteiger partial charge < -0.3 is 24.2 Å². The van der Waals surface area contributed by atoms with Crippen LogP contribution in [-0.4, -0.2) is 42.5 Å². The first-order valence-corrected chi connectivity index (χ1v) is 11.5. The summed E-state index contributed by atoms with van der Waals surface area (Å²) in [6.07, 6.45) is 2.21. The van der Waals surface area contributed by atoms with Crippen LogP contribution < -0.4 is 14.8 Å². The number of benzene rings is 2. The predicted octanol–water partition coefficient (Wildman–Crippen LogP) is 5.49. The van der Waals surface area contributed by atoms with Gasteiger partial charge in [-0.3, -0.25) is 0 Å². The van der Waals surface area contributed by atoms with Crippen LogP contribution in [0.25, 0.3) is 33.6 Å². The van der Waals surface area contributed by atoms with E-state index in [0.29, 0.717) is 29.2 Å². The Bertz CT molecular complexity index is 1270. The Labute approximate surface area is 193 Å². The van der Waals surface area contributed by atoms with Crippen LogP contribution in [0.2, 0.25) is 0 Å². The molecule has 0 unspecified atom stereocenters. The van der Waals surface area contributed by atoms with Crippen LogP contribution in [0.15, 0.2) is 40.8 Å². The van der Waals surface area contributed by atoms with E-state index in [1.807, 2.05) is 18.2 Å². The molecule has 172 valence electrons. The summed E-state index contributed by atoms with van der Waals surface area (Å²) in [6, 6.07) is 12.3. The highest BCUT2D eigenvalue weighted by atomic mass is 16.5. The van der Waals surface area contributed by atoms with Crippen LogP contribution in [0.3, 0.4) is 0 Å². The van der Waals surface area contributed by atoms with Crippen molar-refractivity contribution >= 4 is 10.9 Å². The fraction of sp³-hybridized carbons (Fsp3) is 0.385. The summed E-state index contributed by atoms with van der Waals surface area (Å²) < 4.78 is 17.0. The zero-order valence-electron chi connectivity index (χ0n) is 19.6. The summed E-state index contributed by atoms with van der Waals surface area (Å²) in [6.45, 7) is 6.37. The minimum atomic E-state index is 0.291. The second-order valence-corrected chi connectivity index (χ2v) is 8.89. The number of aromatic amines is 1. The number of methoxy groups -OCH3 is 2. The average molecular weight is 447 g/mol. The molecule has 4 aromatic rings. The standard InChI is InChI=1S/C26H30N4O3/c1-15(2)23-19-12-17(25-29-30-26(33-25)18-6-5-11-27-14-18)7-9-20(19)28-24(23)16-8-10-21(31-3)22(13-16)32-4/h7-10,12-13,15,18,27-28H,5-6,11,14H2,1-4H3/t18-/m1/s1. The third-order valence-corrected chi connectivity index (χ3v) is 6.42. The molecule has 0 amide bonds. The van der Waals surface area contributed by atoms with E-state index in [2.05, 4.69) is 52.5 Å². The van der Waals surface area contributed by atoms with Crippen molar-refractivity contribution in [3.63, 3.8) is 0 Å². The van der Waals surface area contributed by atoms with Crippen LogP contribution >= 0.6 is 0 Å². The minimum absolute atomic E-state index is 0.291. The number of fused-ring (bicyclic) bond motifs is 1. The van der Waals surface area contributed by atoms with Crippen molar-refractivity contribution in [3.05, 3.63) is 47.9 Å². The number of hydrogen-bond donors (Lipinski definition) is 2. The molecule has 1 aliphatic rings. The maximum absolute atomic E-state index is 6.10. The van der Waals surface area contributed by atoms with E-state index in [1.165, 1.54) is 5.56 Å². The number of hydrogen-bond acceptors (Lipinski definition) is 6. The van der Waals surface area contributed by atoms with Crippen LogP contribution in [-0.2, 0) is 0 Å². The molecule has 1 atom stereocenters. The lowest BCUT2D eigenvalue weighted by molar-refractivity contribution is 0.355. The highest BCUT2D eigenvalue weighted by Gasteiger charge is 2.23. The van der Waals surface area contributed by atoms with Gasteiger partial charge in [0, 0.05) is 34.5 Å². The normalized spacial score (nSPS) is 16.5. The molecule has 1 saturated heterocycles. The number of ether oxygens (including phenoxy) is 2. The summed E-state index contributed by atoms with van der Waals surface area (Å²) in [5.41, 5.74) is 5.39. The monoisotopic (exact) mass is 446 g/mol. The van der Waals surface area contributed by atoms with Gasteiger partial charge in [-0.15, -0.1) is 10.2 Å². The largest absolute Gasteiger partial charge is 0.493 e. The quantitative estimate of drug-likeness (QED) is 0.407. The third-order valence-electron chi connectivity index (χ3n) is 6.42. The Morgan fingerprint density at radius 1 is 1.00 bits per heavy atom. The van der Waals surface area contributed by atoms with Crippen LogP contribution in [0.4, 0.5) is 0 Å². The Morgan fingerprint density at radius 2 is 1.82 bits per heavy atom. The van der Waals surface area contributed by atoms with E-state index >= 15 is 0 Å². The topological polar surface area (TPSA) is 85.2 Å². The molecule has 2 aromatic heterocycles. The summed E-state index contributed by atoms with van der Waals surface area (Å²) in [5, 5.41) is 13.3. The van der Waals surface area contributed by atoms with Crippen molar-refractivity contribution in [2.75, 3.05) is 27.3 Å². The third kappa shape index (κ3) is 3.97. The summed E-state index contributed by atoms with van der Waals surface area (Å²) >= 11 is 0. The first-order chi connectivity index (χ1) is 16.1. The van der Waals surface area contributed by atoms with E-state index in [4.69, 9.17) is 13.9 Å². The molecule has 7 heteroatoms. The van der Waals surface area contributed by atoms with Gasteiger partial charge in [-0.2, -0.15) is 0 Å². The lowest BCUT2D eigenvalue weighted by atomic mass is 9.95. The maximum Gasteiger partial charge on any atom is 0.247 e. The zero-order chi connectivity index (χ0) is 22.9. The summed E-state index contributed by atoms with van der Waals surface area (Å²) in [7, 11) is 3.31. The smallest absolute Gasteiger partial charge is 0.247 e. The second-order valence-electron chi connectivity index (χ2n) is 8.89. The number of piperidine rings is 1. The number of H-pyrrole nitrogens is 1. The minimum Gasteiger partial charge on any atom is -0.493 e. The Kier molecular flexibility index (Phi) is 5.81. The van der Waals surface area contributed by atoms with Crippen molar-refractivity contribution < 1.29 is 13.9 Å². The van der Waals surface area contributed by atoms with Crippen LogP contribution in [0, 0.1) is 0 Å². The fourth-order valence-electron chi connectivity index (χ4n) is 4.74. The molecule has 1 fully saturated rings. The molecule has 33 heavy (non-hydrogen) atoms. The molecule has 0 radical (unpaired) electrons. The molecule has 2 N–H and O–H groups in total. The van der Waals surface area contributed by atoms with Gasteiger partial charge in [0.05, 0.1) is 19.9 Å². The van der Waals surface area contributed by atoms with Gasteiger partial charge in [0.1, 0.15) is 0 Å². The van der Waals surface area contributed by atoms with Crippen LogP contribution in [0.5, 0.6) is 11.5 Å². The Hall–Kier alpha value is -3.32. The predicted molar refractivity (Wildman–Crippen MR) is 129 cm³/mol. The van der Waals surface area contributed by atoms with Crippen molar-refractivity contribution in [1.29, 1.82) is 0 Å². The Balaban J connectivity index is 1.56. The summed E-state index contributed by atoms with van der Waals surface area (Å²) in [4.78, 5) is 3.61. The Morgan fingerprint density at radius 3 is 2.55 bits per heavy atom. The average Bonchev–Trinajstić information content (AvgIpc) is 3.49. The molecule has 1 aliphatic heterocycles. The highest BCUT2D eigenvalue weighted by molar-refractivity contribution is 5.94. The van der Waals surface area contributed by atoms with E-state index in [9.17, 15) is 0 Å². The van der Waals surface area contributed by atoms with Crippen molar-refractivity contribution in [2.24, 2.45) is 0 Å². The number of nitrogens with zero attached hydrogens (tertiary/aromatic N) is 2. The second kappa shape index (κ2) is 8.90. The molecule has 0 aliphatic carbocycles. The van der Waals surface area contributed by atoms with Gasteiger partial charge in [0.25, 0.3) is 0 Å². The van der Waals surface area contributed by atoms with Crippen molar-refractivity contribution in [2.45, 2.75) is 38.5 Å². The lowest BCUT2D eigenvalue weighted by Gasteiger charge is -2.18. The molecule has 5 rings (SSSR count). The molecule has 0 spiro atoms.